The smallest absolute Gasteiger partial charge is 0.166 e. The van der Waals surface area contributed by atoms with Gasteiger partial charge in [0.2, 0.25) is 0 Å². The molecule has 0 saturated carbocycles. The van der Waals surface area contributed by atoms with E-state index in [-0.39, 0.29) is 5.78 Å². The lowest BCUT2D eigenvalue weighted by atomic mass is 9.96. The summed E-state index contributed by atoms with van der Waals surface area (Å²) in [6.45, 7) is 1.93. The van der Waals surface area contributed by atoms with E-state index < -0.39 is 0 Å². The molecule has 0 N–H and O–H groups in total. The van der Waals surface area contributed by atoms with Crippen LogP contribution in [0.2, 0.25) is 0 Å². The first kappa shape index (κ1) is 11.1. The van der Waals surface area contributed by atoms with Crippen LogP contribution in [0.5, 0.6) is 0 Å². The fourth-order valence-electron chi connectivity index (χ4n) is 2.34. The number of carbonyl (C=O) groups is 1. The van der Waals surface area contributed by atoms with Gasteiger partial charge in [-0.2, -0.15) is 5.10 Å². The minimum absolute atomic E-state index is 0.158. The number of Topliss-reactive ketones (excluding diaryl/α,β-unsaturated/α-hetero) is 1. The van der Waals surface area contributed by atoms with Crippen LogP contribution >= 0.6 is 0 Å². The average molecular weight is 242 g/mol. The Morgan fingerprint density at radius 3 is 2.83 bits per heavy atom. The van der Waals surface area contributed by atoms with Gasteiger partial charge in [0.25, 0.3) is 0 Å². The number of aryl methyl sites for hydroxylation is 3. The van der Waals surface area contributed by atoms with Crippen molar-refractivity contribution in [2.75, 3.05) is 0 Å². The number of fused-ring (bicyclic) bond motifs is 1. The lowest BCUT2D eigenvalue weighted by Crippen LogP contribution is -2.13. The van der Waals surface area contributed by atoms with E-state index >= 15 is 0 Å². The van der Waals surface area contributed by atoms with E-state index in [1.165, 1.54) is 0 Å². The highest BCUT2D eigenvalue weighted by Crippen LogP contribution is 2.23. The molecule has 0 spiro atoms. The first-order chi connectivity index (χ1) is 8.65. The molecular formula is C13H14N4O. The molecule has 3 rings (SSSR count). The van der Waals surface area contributed by atoms with Crippen molar-refractivity contribution in [1.82, 2.24) is 19.7 Å². The SMILES string of the molecule is Cc1nn(C)cc1-c1ncc2c(n1)CCCC2=O. The predicted molar refractivity (Wildman–Crippen MR) is 66.2 cm³/mol. The molecule has 5 nitrogen and oxygen atoms in total. The quantitative estimate of drug-likeness (QED) is 0.763. The van der Waals surface area contributed by atoms with Crippen molar-refractivity contribution < 1.29 is 4.79 Å². The molecule has 2 aromatic heterocycles. The second-order valence-electron chi connectivity index (χ2n) is 4.63. The molecule has 2 aromatic rings. The molecule has 0 amide bonds. The standard InChI is InChI=1S/C13H14N4O/c1-8-10(7-17(2)16-8)13-14-6-9-11(15-13)4-3-5-12(9)18/h6-7H,3-5H2,1-2H3. The molecule has 0 aliphatic heterocycles. The van der Waals surface area contributed by atoms with E-state index in [1.807, 2.05) is 20.2 Å². The van der Waals surface area contributed by atoms with E-state index in [9.17, 15) is 4.79 Å². The van der Waals surface area contributed by atoms with E-state index in [0.717, 1.165) is 29.8 Å². The monoisotopic (exact) mass is 242 g/mol. The maximum atomic E-state index is 11.7. The zero-order valence-corrected chi connectivity index (χ0v) is 10.5. The van der Waals surface area contributed by atoms with Crippen LogP contribution in [0.25, 0.3) is 11.4 Å². The molecule has 1 aliphatic rings. The lowest BCUT2D eigenvalue weighted by molar-refractivity contribution is 0.0971. The van der Waals surface area contributed by atoms with Crippen LogP contribution < -0.4 is 0 Å². The Bertz CT molecular complexity index is 630. The number of nitrogens with zero attached hydrogens (tertiary/aromatic N) is 4. The van der Waals surface area contributed by atoms with Crippen LogP contribution in [0.4, 0.5) is 0 Å². The molecule has 0 fully saturated rings. The van der Waals surface area contributed by atoms with Crippen molar-refractivity contribution in [2.24, 2.45) is 7.05 Å². The second-order valence-corrected chi connectivity index (χ2v) is 4.63. The third-order valence-corrected chi connectivity index (χ3v) is 3.24. The summed E-state index contributed by atoms with van der Waals surface area (Å²) in [5.74, 6) is 0.819. The number of rotatable bonds is 1. The summed E-state index contributed by atoms with van der Waals surface area (Å²) in [4.78, 5) is 20.5. The van der Waals surface area contributed by atoms with Gasteiger partial charge in [-0.1, -0.05) is 0 Å². The molecular weight excluding hydrogens is 228 g/mol. The normalized spacial score (nSPS) is 14.7. The Labute approximate surface area is 105 Å². The molecule has 0 atom stereocenters. The topological polar surface area (TPSA) is 60.7 Å². The van der Waals surface area contributed by atoms with Crippen LogP contribution in [-0.2, 0) is 13.5 Å². The van der Waals surface area contributed by atoms with Crippen molar-refractivity contribution in [3.63, 3.8) is 0 Å². The average Bonchev–Trinajstić information content (AvgIpc) is 2.68. The molecule has 5 heteroatoms. The zero-order valence-electron chi connectivity index (χ0n) is 10.5. The van der Waals surface area contributed by atoms with Gasteiger partial charge in [-0.3, -0.25) is 9.48 Å². The van der Waals surface area contributed by atoms with Crippen molar-refractivity contribution in [1.29, 1.82) is 0 Å². The molecule has 92 valence electrons. The maximum Gasteiger partial charge on any atom is 0.166 e. The zero-order chi connectivity index (χ0) is 12.7. The van der Waals surface area contributed by atoms with Gasteiger partial charge < -0.3 is 0 Å². The van der Waals surface area contributed by atoms with Crippen molar-refractivity contribution in [2.45, 2.75) is 26.2 Å². The fraction of sp³-hybridized carbons (Fsp3) is 0.385. The number of hydrogen-bond donors (Lipinski definition) is 0. The lowest BCUT2D eigenvalue weighted by Gasteiger charge is -2.13. The highest BCUT2D eigenvalue weighted by atomic mass is 16.1. The highest BCUT2D eigenvalue weighted by molar-refractivity contribution is 5.97. The minimum atomic E-state index is 0.158. The van der Waals surface area contributed by atoms with Gasteiger partial charge in [0.1, 0.15) is 0 Å². The van der Waals surface area contributed by atoms with Gasteiger partial charge in [-0.15, -0.1) is 0 Å². The van der Waals surface area contributed by atoms with Gasteiger partial charge in [0, 0.05) is 25.9 Å². The van der Waals surface area contributed by atoms with E-state index in [1.54, 1.807) is 10.9 Å². The Hall–Kier alpha value is -2.04. The maximum absolute atomic E-state index is 11.7. The van der Waals surface area contributed by atoms with Crippen LogP contribution in [0.3, 0.4) is 0 Å². The van der Waals surface area contributed by atoms with Crippen LogP contribution in [0, 0.1) is 6.92 Å². The summed E-state index contributed by atoms with van der Waals surface area (Å²) in [6.07, 6.45) is 5.92. The summed E-state index contributed by atoms with van der Waals surface area (Å²) < 4.78 is 1.75. The number of ketones is 1. The summed E-state index contributed by atoms with van der Waals surface area (Å²) in [5.41, 5.74) is 3.39. The summed E-state index contributed by atoms with van der Waals surface area (Å²) in [5, 5.41) is 4.28. The molecule has 0 saturated heterocycles. The molecule has 0 unspecified atom stereocenters. The number of hydrogen-bond acceptors (Lipinski definition) is 4. The van der Waals surface area contributed by atoms with Crippen LogP contribution in [0.15, 0.2) is 12.4 Å². The molecule has 0 bridgehead atoms. The molecule has 1 aliphatic carbocycles. The van der Waals surface area contributed by atoms with Crippen molar-refractivity contribution in [3.8, 4) is 11.4 Å². The third-order valence-electron chi connectivity index (χ3n) is 3.24. The Kier molecular flexibility index (Phi) is 2.47. The van der Waals surface area contributed by atoms with E-state index in [0.29, 0.717) is 17.8 Å². The first-order valence-corrected chi connectivity index (χ1v) is 6.05. The summed E-state index contributed by atoms with van der Waals surface area (Å²) in [7, 11) is 1.87. The van der Waals surface area contributed by atoms with E-state index in [4.69, 9.17) is 0 Å². The van der Waals surface area contributed by atoms with Gasteiger partial charge >= 0.3 is 0 Å². The van der Waals surface area contributed by atoms with E-state index in [2.05, 4.69) is 15.1 Å². The molecule has 2 heterocycles. The van der Waals surface area contributed by atoms with Gasteiger partial charge in [-0.05, 0) is 19.8 Å². The molecule has 0 aromatic carbocycles. The van der Waals surface area contributed by atoms with Gasteiger partial charge in [0.05, 0.1) is 22.5 Å². The third kappa shape index (κ3) is 1.72. The Balaban J connectivity index is 2.10. The van der Waals surface area contributed by atoms with Gasteiger partial charge in [-0.25, -0.2) is 9.97 Å². The summed E-state index contributed by atoms with van der Waals surface area (Å²) >= 11 is 0. The summed E-state index contributed by atoms with van der Waals surface area (Å²) in [6, 6.07) is 0. The van der Waals surface area contributed by atoms with Gasteiger partial charge in [0.15, 0.2) is 11.6 Å². The largest absolute Gasteiger partial charge is 0.294 e. The number of aromatic nitrogens is 4. The minimum Gasteiger partial charge on any atom is -0.294 e. The highest BCUT2D eigenvalue weighted by Gasteiger charge is 2.20. The van der Waals surface area contributed by atoms with Crippen molar-refractivity contribution >= 4 is 5.78 Å². The first-order valence-electron chi connectivity index (χ1n) is 6.05. The van der Waals surface area contributed by atoms with Crippen LogP contribution in [0.1, 0.15) is 34.6 Å². The molecule has 0 radical (unpaired) electrons. The van der Waals surface area contributed by atoms with Crippen molar-refractivity contribution in [3.05, 3.63) is 29.3 Å². The Morgan fingerprint density at radius 2 is 2.11 bits per heavy atom. The second kappa shape index (κ2) is 4.01. The Morgan fingerprint density at radius 1 is 1.28 bits per heavy atom. The van der Waals surface area contributed by atoms with Crippen LogP contribution in [-0.4, -0.2) is 25.5 Å². The fourth-order valence-corrected chi connectivity index (χ4v) is 2.34. The number of carbonyl (C=O) groups excluding carboxylic acids is 1. The molecule has 18 heavy (non-hydrogen) atoms. The predicted octanol–water partition coefficient (Wildman–Crippen LogP) is 1.70.